The van der Waals surface area contributed by atoms with E-state index < -0.39 is 16.1 Å². The van der Waals surface area contributed by atoms with E-state index in [0.29, 0.717) is 29.5 Å². The van der Waals surface area contributed by atoms with Gasteiger partial charge in [0.2, 0.25) is 21.1 Å². The number of anilines is 1. The van der Waals surface area contributed by atoms with Crippen LogP contribution in [-0.4, -0.2) is 41.4 Å². The van der Waals surface area contributed by atoms with Crippen molar-refractivity contribution in [3.63, 3.8) is 0 Å². The number of nitrogens with one attached hydrogen (secondary N) is 1. The topological polar surface area (TPSA) is 92.3 Å². The highest BCUT2D eigenvalue weighted by Gasteiger charge is 2.39. The molecule has 1 amide bonds. The zero-order valence-electron chi connectivity index (χ0n) is 14.3. The first-order valence-electron chi connectivity index (χ1n) is 8.20. The second kappa shape index (κ2) is 7.59. The smallest absolute Gasteiger partial charge is 0.244 e. The van der Waals surface area contributed by atoms with E-state index in [1.54, 1.807) is 0 Å². The van der Waals surface area contributed by atoms with Gasteiger partial charge in [0, 0.05) is 17.5 Å². The van der Waals surface area contributed by atoms with E-state index in [4.69, 9.17) is 11.6 Å². The van der Waals surface area contributed by atoms with Crippen molar-refractivity contribution in [1.82, 2.24) is 14.5 Å². The van der Waals surface area contributed by atoms with Crippen LogP contribution in [0, 0.1) is 0 Å². The molecule has 2 heterocycles. The van der Waals surface area contributed by atoms with E-state index in [1.165, 1.54) is 39.9 Å². The van der Waals surface area contributed by atoms with Gasteiger partial charge >= 0.3 is 0 Å². The zero-order chi connectivity index (χ0) is 18.9. The van der Waals surface area contributed by atoms with Crippen molar-refractivity contribution in [2.75, 3.05) is 11.9 Å². The minimum Gasteiger partial charge on any atom is -0.299 e. The normalized spacial score (nSPS) is 18.4. The average molecular weight is 415 g/mol. The van der Waals surface area contributed by atoms with Crippen LogP contribution in [0.15, 0.2) is 29.2 Å². The van der Waals surface area contributed by atoms with Gasteiger partial charge in [-0.3, -0.25) is 10.1 Å². The predicted molar refractivity (Wildman–Crippen MR) is 101 cm³/mol. The Morgan fingerprint density at radius 3 is 2.62 bits per heavy atom. The molecular weight excluding hydrogens is 396 g/mol. The third-order valence-corrected chi connectivity index (χ3v) is 7.40. The van der Waals surface area contributed by atoms with Gasteiger partial charge in [-0.15, -0.1) is 10.2 Å². The Labute approximate surface area is 161 Å². The number of rotatable bonds is 5. The molecule has 26 heavy (non-hydrogen) atoms. The Morgan fingerprint density at radius 1 is 1.31 bits per heavy atom. The first-order chi connectivity index (χ1) is 12.3. The van der Waals surface area contributed by atoms with Crippen molar-refractivity contribution in [3.8, 4) is 0 Å². The van der Waals surface area contributed by atoms with Crippen molar-refractivity contribution >= 4 is 44.0 Å². The summed E-state index contributed by atoms with van der Waals surface area (Å²) in [6, 6.07) is 5.18. The fraction of sp³-hybridized carbons (Fsp3) is 0.438. The summed E-state index contributed by atoms with van der Waals surface area (Å²) in [6.45, 7) is 4.28. The number of benzene rings is 1. The number of hydrogen-bond donors (Lipinski definition) is 1. The minimum absolute atomic E-state index is 0.125. The molecule has 1 saturated heterocycles. The Balaban J connectivity index is 1.78. The maximum atomic E-state index is 12.9. The van der Waals surface area contributed by atoms with Gasteiger partial charge in [0.25, 0.3) is 0 Å². The monoisotopic (exact) mass is 414 g/mol. The van der Waals surface area contributed by atoms with Crippen LogP contribution in [0.3, 0.4) is 0 Å². The number of carbonyl (C=O) groups is 1. The summed E-state index contributed by atoms with van der Waals surface area (Å²) in [5.41, 5.74) is 0. The van der Waals surface area contributed by atoms with Crippen molar-refractivity contribution < 1.29 is 13.2 Å². The van der Waals surface area contributed by atoms with Gasteiger partial charge in [-0.25, -0.2) is 8.42 Å². The van der Waals surface area contributed by atoms with E-state index in [1.807, 2.05) is 13.8 Å². The van der Waals surface area contributed by atoms with Crippen LogP contribution in [0.2, 0.25) is 5.02 Å². The summed E-state index contributed by atoms with van der Waals surface area (Å²) in [7, 11) is -3.77. The molecule has 10 heteroatoms. The maximum absolute atomic E-state index is 12.9. The van der Waals surface area contributed by atoms with Crippen LogP contribution in [0.25, 0.3) is 0 Å². The van der Waals surface area contributed by atoms with Crippen LogP contribution in [-0.2, 0) is 14.8 Å². The van der Waals surface area contributed by atoms with Gasteiger partial charge in [0.05, 0.1) is 4.90 Å². The molecule has 0 aliphatic carbocycles. The largest absolute Gasteiger partial charge is 0.299 e. The first-order valence-corrected chi connectivity index (χ1v) is 10.8. The lowest BCUT2D eigenvalue weighted by Gasteiger charge is -2.23. The number of carbonyl (C=O) groups excluding carboxylic acids is 1. The summed E-state index contributed by atoms with van der Waals surface area (Å²) in [5.74, 6) is -0.169. The number of hydrogen-bond acceptors (Lipinski definition) is 6. The molecule has 1 fully saturated rings. The van der Waals surface area contributed by atoms with E-state index in [9.17, 15) is 13.2 Å². The fourth-order valence-electron chi connectivity index (χ4n) is 2.74. The lowest BCUT2D eigenvalue weighted by molar-refractivity contribution is -0.119. The molecule has 0 unspecified atom stereocenters. The molecule has 1 aliphatic rings. The zero-order valence-corrected chi connectivity index (χ0v) is 16.7. The van der Waals surface area contributed by atoms with E-state index in [0.717, 1.165) is 5.01 Å². The molecule has 1 aliphatic heterocycles. The predicted octanol–water partition coefficient (Wildman–Crippen LogP) is 3.11. The lowest BCUT2D eigenvalue weighted by Crippen LogP contribution is -2.43. The molecule has 1 atom stereocenters. The number of nitrogens with zero attached hydrogens (tertiary/aromatic N) is 3. The van der Waals surface area contributed by atoms with Gasteiger partial charge in [-0.2, -0.15) is 4.31 Å². The van der Waals surface area contributed by atoms with E-state index in [-0.39, 0.29) is 16.7 Å². The van der Waals surface area contributed by atoms with E-state index in [2.05, 4.69) is 15.5 Å². The Morgan fingerprint density at radius 2 is 2.00 bits per heavy atom. The SMILES string of the molecule is CC(C)c1nnc(NC(=O)[C@@H]2CCCN2S(=O)(=O)c2ccc(Cl)cc2)s1. The molecule has 0 radical (unpaired) electrons. The molecule has 1 N–H and O–H groups in total. The van der Waals surface area contributed by atoms with Crippen molar-refractivity contribution in [3.05, 3.63) is 34.3 Å². The highest BCUT2D eigenvalue weighted by molar-refractivity contribution is 7.89. The molecular formula is C16H19ClN4O3S2. The lowest BCUT2D eigenvalue weighted by atomic mass is 10.2. The van der Waals surface area contributed by atoms with Crippen molar-refractivity contribution in [1.29, 1.82) is 0 Å². The number of amides is 1. The first kappa shape index (κ1) is 19.2. The maximum Gasteiger partial charge on any atom is 0.244 e. The second-order valence-corrected chi connectivity index (χ2v) is 9.65. The van der Waals surface area contributed by atoms with Crippen LogP contribution in [0.5, 0.6) is 0 Å². The molecule has 140 valence electrons. The summed E-state index contributed by atoms with van der Waals surface area (Å²) in [6.07, 6.45) is 1.09. The number of halogens is 1. The van der Waals surface area contributed by atoms with Crippen LogP contribution >= 0.6 is 22.9 Å². The second-order valence-electron chi connectivity index (χ2n) is 6.32. The Kier molecular flexibility index (Phi) is 5.61. The third-order valence-electron chi connectivity index (χ3n) is 4.09. The quantitative estimate of drug-likeness (QED) is 0.811. The van der Waals surface area contributed by atoms with E-state index >= 15 is 0 Å². The third kappa shape index (κ3) is 3.90. The molecule has 7 nitrogen and oxygen atoms in total. The number of sulfonamides is 1. The van der Waals surface area contributed by atoms with Gasteiger partial charge in [0.15, 0.2) is 0 Å². The van der Waals surface area contributed by atoms with Gasteiger partial charge in [-0.1, -0.05) is 36.8 Å². The molecule has 1 aromatic heterocycles. The molecule has 1 aromatic carbocycles. The molecule has 0 spiro atoms. The number of aromatic nitrogens is 2. The Bertz CT molecular complexity index is 896. The molecule has 0 bridgehead atoms. The minimum atomic E-state index is -3.77. The summed E-state index contributed by atoms with van der Waals surface area (Å²) in [4.78, 5) is 12.8. The fourth-order valence-corrected chi connectivity index (χ4v) is 5.27. The average Bonchev–Trinajstić information content (AvgIpc) is 3.24. The van der Waals surface area contributed by atoms with Crippen molar-refractivity contribution in [2.45, 2.75) is 43.5 Å². The van der Waals surface area contributed by atoms with Crippen LogP contribution < -0.4 is 5.32 Å². The summed E-state index contributed by atoms with van der Waals surface area (Å²) in [5, 5.41) is 12.3. The Hall–Kier alpha value is -1.55. The summed E-state index contributed by atoms with van der Waals surface area (Å²) >= 11 is 7.13. The standard InChI is InChI=1S/C16H19ClN4O3S2/c1-10(2)15-19-20-16(25-15)18-14(22)13-4-3-9-21(13)26(23,24)12-7-5-11(17)6-8-12/h5-8,10,13H,3-4,9H2,1-2H3,(H,18,20,22)/t13-/m0/s1. The molecule has 3 rings (SSSR count). The van der Waals surface area contributed by atoms with Gasteiger partial charge in [0.1, 0.15) is 11.0 Å². The highest BCUT2D eigenvalue weighted by Crippen LogP contribution is 2.28. The molecule has 0 saturated carbocycles. The molecule has 2 aromatic rings. The van der Waals surface area contributed by atoms with Gasteiger partial charge in [-0.05, 0) is 37.1 Å². The van der Waals surface area contributed by atoms with Crippen LogP contribution in [0.1, 0.15) is 37.6 Å². The highest BCUT2D eigenvalue weighted by atomic mass is 35.5. The van der Waals surface area contributed by atoms with Crippen LogP contribution in [0.4, 0.5) is 5.13 Å². The van der Waals surface area contributed by atoms with Crippen molar-refractivity contribution in [2.24, 2.45) is 0 Å². The van der Waals surface area contributed by atoms with Gasteiger partial charge < -0.3 is 0 Å². The summed E-state index contributed by atoms with van der Waals surface area (Å²) < 4.78 is 27.0.